The molecule has 2 atom stereocenters. The highest BCUT2D eigenvalue weighted by molar-refractivity contribution is 5.99. The van der Waals surface area contributed by atoms with Crippen LogP contribution in [-0.4, -0.2) is 17.3 Å². The second-order valence-electron chi connectivity index (χ2n) is 7.19. The summed E-state index contributed by atoms with van der Waals surface area (Å²) >= 11 is 0. The van der Waals surface area contributed by atoms with Crippen molar-refractivity contribution in [3.8, 4) is 11.5 Å². The highest BCUT2D eigenvalue weighted by Gasteiger charge is 2.42. The molecule has 0 spiro atoms. The summed E-state index contributed by atoms with van der Waals surface area (Å²) in [5.41, 5.74) is 2.56. The second-order valence-corrected chi connectivity index (χ2v) is 7.19. The smallest absolute Gasteiger partial charge is 0.214 e. The molecule has 2 aromatic carbocycles. The normalized spacial score (nSPS) is 20.0. The number of fused-ring (bicyclic) bond motifs is 3. The Morgan fingerprint density at radius 3 is 2.79 bits per heavy atom. The third-order valence-electron chi connectivity index (χ3n) is 5.24. The minimum atomic E-state index is -0.557. The van der Waals surface area contributed by atoms with Gasteiger partial charge in [0.25, 0.3) is 0 Å². The Morgan fingerprint density at radius 1 is 1.17 bits per heavy atom. The SMILES string of the molecule is CCOc1cccc2c1O[C@@H](c1cccc(F)c1)N1N=C(c3ccc(C)o3)C[C@@H]21. The van der Waals surface area contributed by atoms with Crippen LogP contribution >= 0.6 is 0 Å². The number of benzene rings is 2. The molecule has 0 aliphatic carbocycles. The molecule has 3 heterocycles. The summed E-state index contributed by atoms with van der Waals surface area (Å²) in [6.45, 7) is 4.38. The molecular formula is C23H21FN2O3. The van der Waals surface area contributed by atoms with Crippen LogP contribution < -0.4 is 9.47 Å². The van der Waals surface area contributed by atoms with E-state index in [4.69, 9.17) is 19.0 Å². The van der Waals surface area contributed by atoms with Crippen LogP contribution in [0.5, 0.6) is 11.5 Å². The molecule has 5 rings (SSSR count). The van der Waals surface area contributed by atoms with Crippen molar-refractivity contribution in [2.45, 2.75) is 32.5 Å². The Bertz CT molecular complexity index is 1090. The molecule has 1 aromatic heterocycles. The lowest BCUT2D eigenvalue weighted by atomic mass is 9.97. The minimum Gasteiger partial charge on any atom is -0.490 e. The van der Waals surface area contributed by atoms with Gasteiger partial charge in [0.2, 0.25) is 6.23 Å². The van der Waals surface area contributed by atoms with E-state index in [9.17, 15) is 4.39 Å². The molecule has 0 saturated heterocycles. The van der Waals surface area contributed by atoms with Crippen molar-refractivity contribution in [2.75, 3.05) is 6.61 Å². The molecule has 148 valence electrons. The Hall–Kier alpha value is -3.28. The average molecular weight is 392 g/mol. The molecule has 0 fully saturated rings. The molecule has 0 saturated carbocycles. The van der Waals surface area contributed by atoms with Crippen LogP contribution in [0.1, 0.15) is 48.3 Å². The number of hydrogen-bond donors (Lipinski definition) is 0. The van der Waals surface area contributed by atoms with E-state index in [1.807, 2.05) is 55.3 Å². The van der Waals surface area contributed by atoms with Gasteiger partial charge in [0.05, 0.1) is 12.6 Å². The molecule has 2 aliphatic heterocycles. The van der Waals surface area contributed by atoms with Crippen LogP contribution in [0.15, 0.2) is 64.1 Å². The maximum atomic E-state index is 14.0. The van der Waals surface area contributed by atoms with Crippen molar-refractivity contribution in [3.63, 3.8) is 0 Å². The predicted octanol–water partition coefficient (Wildman–Crippen LogP) is 5.37. The van der Waals surface area contributed by atoms with Crippen LogP contribution in [0.3, 0.4) is 0 Å². The highest BCUT2D eigenvalue weighted by atomic mass is 19.1. The van der Waals surface area contributed by atoms with Crippen LogP contribution in [0, 0.1) is 12.7 Å². The van der Waals surface area contributed by atoms with Gasteiger partial charge >= 0.3 is 0 Å². The van der Waals surface area contributed by atoms with Crippen molar-refractivity contribution in [2.24, 2.45) is 5.10 Å². The summed E-state index contributed by atoms with van der Waals surface area (Å²) in [7, 11) is 0. The third kappa shape index (κ3) is 3.05. The third-order valence-corrected chi connectivity index (χ3v) is 5.24. The van der Waals surface area contributed by atoms with E-state index in [0.717, 1.165) is 22.8 Å². The Morgan fingerprint density at radius 2 is 2.03 bits per heavy atom. The van der Waals surface area contributed by atoms with Gasteiger partial charge in [-0.1, -0.05) is 24.3 Å². The minimum absolute atomic E-state index is 0.0483. The summed E-state index contributed by atoms with van der Waals surface area (Å²) < 4.78 is 31.9. The first-order chi connectivity index (χ1) is 14.1. The fourth-order valence-electron chi connectivity index (χ4n) is 3.97. The first-order valence-corrected chi connectivity index (χ1v) is 9.74. The summed E-state index contributed by atoms with van der Waals surface area (Å²) in [6, 6.07) is 16.1. The lowest BCUT2D eigenvalue weighted by Gasteiger charge is -2.38. The van der Waals surface area contributed by atoms with Crippen molar-refractivity contribution in [3.05, 3.63) is 83.1 Å². The largest absolute Gasteiger partial charge is 0.490 e. The number of hydrogen-bond acceptors (Lipinski definition) is 5. The second kappa shape index (κ2) is 6.95. The molecule has 0 amide bonds. The fraction of sp³-hybridized carbons (Fsp3) is 0.261. The molecule has 0 unspecified atom stereocenters. The van der Waals surface area contributed by atoms with Crippen LogP contribution in [0.25, 0.3) is 0 Å². The van der Waals surface area contributed by atoms with Gasteiger partial charge in [0.15, 0.2) is 11.5 Å². The van der Waals surface area contributed by atoms with Crippen molar-refractivity contribution >= 4 is 5.71 Å². The summed E-state index contributed by atoms with van der Waals surface area (Å²) in [4.78, 5) is 0. The van der Waals surface area contributed by atoms with Crippen molar-refractivity contribution in [1.29, 1.82) is 0 Å². The zero-order chi connectivity index (χ0) is 20.0. The Labute approximate surface area is 168 Å². The first-order valence-electron chi connectivity index (χ1n) is 9.74. The topological polar surface area (TPSA) is 47.2 Å². The summed E-state index contributed by atoms with van der Waals surface area (Å²) in [6.07, 6.45) is 0.114. The number of para-hydroxylation sites is 1. The average Bonchev–Trinajstić information content (AvgIpc) is 3.34. The Balaban J connectivity index is 1.62. The first kappa shape index (κ1) is 17.8. The molecule has 0 N–H and O–H groups in total. The molecule has 0 radical (unpaired) electrons. The van der Waals surface area contributed by atoms with E-state index in [1.54, 1.807) is 6.07 Å². The van der Waals surface area contributed by atoms with Gasteiger partial charge in [-0.2, -0.15) is 5.10 Å². The maximum absolute atomic E-state index is 14.0. The molecule has 29 heavy (non-hydrogen) atoms. The lowest BCUT2D eigenvalue weighted by molar-refractivity contribution is -0.0214. The van der Waals surface area contributed by atoms with Gasteiger partial charge < -0.3 is 13.9 Å². The number of furan rings is 1. The van der Waals surface area contributed by atoms with Crippen molar-refractivity contribution < 1.29 is 18.3 Å². The number of halogens is 1. The summed E-state index contributed by atoms with van der Waals surface area (Å²) in [5, 5.41) is 6.73. The highest BCUT2D eigenvalue weighted by Crippen LogP contribution is 2.50. The number of rotatable bonds is 4. The van der Waals surface area contributed by atoms with Gasteiger partial charge in [-0.15, -0.1) is 0 Å². The molecular weight excluding hydrogens is 371 g/mol. The maximum Gasteiger partial charge on any atom is 0.214 e. The molecule has 6 heteroatoms. The van der Waals surface area contributed by atoms with E-state index >= 15 is 0 Å². The van der Waals surface area contributed by atoms with Gasteiger partial charge in [-0.25, -0.2) is 9.40 Å². The molecule has 0 bridgehead atoms. The van der Waals surface area contributed by atoms with Gasteiger partial charge in [-0.05, 0) is 44.2 Å². The van der Waals surface area contributed by atoms with Crippen molar-refractivity contribution in [1.82, 2.24) is 5.01 Å². The predicted molar refractivity (Wildman–Crippen MR) is 107 cm³/mol. The van der Waals surface area contributed by atoms with Gasteiger partial charge in [0, 0.05) is 17.5 Å². The zero-order valence-corrected chi connectivity index (χ0v) is 16.3. The Kier molecular flexibility index (Phi) is 4.27. The number of ether oxygens (including phenoxy) is 2. The number of hydrazone groups is 1. The summed E-state index contributed by atoms with van der Waals surface area (Å²) in [5.74, 6) is 2.66. The van der Waals surface area contributed by atoms with E-state index in [-0.39, 0.29) is 11.9 Å². The lowest BCUT2D eigenvalue weighted by Crippen LogP contribution is -2.34. The van der Waals surface area contributed by atoms with Gasteiger partial charge in [-0.3, -0.25) is 0 Å². The fourth-order valence-corrected chi connectivity index (χ4v) is 3.97. The van der Waals surface area contributed by atoms with E-state index in [0.29, 0.717) is 30.1 Å². The number of aryl methyl sites for hydroxylation is 1. The zero-order valence-electron chi connectivity index (χ0n) is 16.3. The molecule has 2 aliphatic rings. The van der Waals surface area contributed by atoms with Gasteiger partial charge in [0.1, 0.15) is 23.0 Å². The van der Waals surface area contributed by atoms with E-state index in [1.165, 1.54) is 12.1 Å². The van der Waals surface area contributed by atoms with Crippen LogP contribution in [0.4, 0.5) is 4.39 Å². The van der Waals surface area contributed by atoms with Crippen LogP contribution in [-0.2, 0) is 0 Å². The number of nitrogens with zero attached hydrogens (tertiary/aromatic N) is 2. The standard InChI is InChI=1S/C23H21FN2O3/c1-3-27-21-9-5-8-17-19-13-18(20-11-10-14(2)28-20)25-26(19)23(29-22(17)21)15-6-4-7-16(24)12-15/h4-12,19,23H,3,13H2,1-2H3/t19-,23-/m0/s1. The monoisotopic (exact) mass is 392 g/mol. The van der Waals surface area contributed by atoms with E-state index in [2.05, 4.69) is 0 Å². The van der Waals surface area contributed by atoms with E-state index < -0.39 is 6.23 Å². The quantitative estimate of drug-likeness (QED) is 0.599. The van der Waals surface area contributed by atoms with Crippen LogP contribution in [0.2, 0.25) is 0 Å². The molecule has 3 aromatic rings. The molecule has 5 nitrogen and oxygen atoms in total.